The summed E-state index contributed by atoms with van der Waals surface area (Å²) < 4.78 is 19.3. The van der Waals surface area contributed by atoms with E-state index in [2.05, 4.69) is 5.32 Å². The Kier molecular flexibility index (Phi) is 8.44. The van der Waals surface area contributed by atoms with Crippen LogP contribution < -0.4 is 10.1 Å². The van der Waals surface area contributed by atoms with Gasteiger partial charge in [-0.2, -0.15) is 0 Å². The van der Waals surface area contributed by atoms with E-state index >= 15 is 0 Å². The highest BCUT2D eigenvalue weighted by Gasteiger charge is 2.30. The van der Waals surface area contributed by atoms with Gasteiger partial charge >= 0.3 is 0 Å². The first kappa shape index (κ1) is 22.8. The molecule has 0 bridgehead atoms. The normalized spacial score (nSPS) is 15.2. The van der Waals surface area contributed by atoms with Crippen LogP contribution in [-0.2, 0) is 16.1 Å². The summed E-state index contributed by atoms with van der Waals surface area (Å²) in [7, 11) is 0. The summed E-state index contributed by atoms with van der Waals surface area (Å²) in [5.74, 6) is -0.982. The molecule has 0 heterocycles. The van der Waals surface area contributed by atoms with Gasteiger partial charge in [0.1, 0.15) is 6.04 Å². The van der Waals surface area contributed by atoms with Crippen LogP contribution in [0.3, 0.4) is 0 Å². The smallest absolute Gasteiger partial charge is 0.261 e. The first-order chi connectivity index (χ1) is 15.1. The van der Waals surface area contributed by atoms with Crippen molar-refractivity contribution in [1.82, 2.24) is 10.2 Å². The molecular weight excluding hydrogens is 395 g/mol. The van der Waals surface area contributed by atoms with Crippen LogP contribution in [0.5, 0.6) is 5.75 Å². The van der Waals surface area contributed by atoms with E-state index in [0.29, 0.717) is 6.42 Å². The van der Waals surface area contributed by atoms with Crippen molar-refractivity contribution in [2.45, 2.75) is 64.1 Å². The Hall–Kier alpha value is -2.89. The number of rotatable bonds is 9. The number of para-hydroxylation sites is 1. The van der Waals surface area contributed by atoms with Crippen LogP contribution in [0.25, 0.3) is 0 Å². The number of amides is 2. The molecule has 1 atom stereocenters. The number of hydrogen-bond donors (Lipinski definition) is 1. The quantitative estimate of drug-likeness (QED) is 0.644. The van der Waals surface area contributed by atoms with Gasteiger partial charge in [0, 0.05) is 12.6 Å². The van der Waals surface area contributed by atoms with E-state index in [-0.39, 0.29) is 36.8 Å². The maximum absolute atomic E-state index is 13.9. The molecule has 1 saturated carbocycles. The van der Waals surface area contributed by atoms with E-state index in [1.165, 1.54) is 18.6 Å². The van der Waals surface area contributed by atoms with Crippen LogP contribution in [0, 0.1) is 5.82 Å². The Morgan fingerprint density at radius 3 is 2.42 bits per heavy atom. The predicted molar refractivity (Wildman–Crippen MR) is 118 cm³/mol. The lowest BCUT2D eigenvalue weighted by Gasteiger charge is -2.32. The summed E-state index contributed by atoms with van der Waals surface area (Å²) in [4.78, 5) is 27.8. The van der Waals surface area contributed by atoms with Crippen molar-refractivity contribution in [1.29, 1.82) is 0 Å². The predicted octanol–water partition coefficient (Wildman–Crippen LogP) is 4.46. The molecule has 6 heteroatoms. The van der Waals surface area contributed by atoms with E-state index in [4.69, 9.17) is 4.74 Å². The zero-order valence-electron chi connectivity index (χ0n) is 18.1. The molecule has 2 aromatic carbocycles. The van der Waals surface area contributed by atoms with Crippen molar-refractivity contribution in [2.24, 2.45) is 0 Å². The Balaban J connectivity index is 1.73. The molecule has 0 radical (unpaired) electrons. The summed E-state index contributed by atoms with van der Waals surface area (Å²) in [5, 5.41) is 3.14. The second kappa shape index (κ2) is 11.5. The summed E-state index contributed by atoms with van der Waals surface area (Å²) in [5.41, 5.74) is 0.922. The Labute approximate surface area is 183 Å². The fourth-order valence-electron chi connectivity index (χ4n) is 4.03. The lowest BCUT2D eigenvalue weighted by atomic mass is 9.95. The fourth-order valence-corrected chi connectivity index (χ4v) is 4.03. The Morgan fingerprint density at radius 2 is 1.74 bits per heavy atom. The topological polar surface area (TPSA) is 58.6 Å². The van der Waals surface area contributed by atoms with Crippen LogP contribution in [-0.4, -0.2) is 35.4 Å². The first-order valence-electron chi connectivity index (χ1n) is 11.1. The largest absolute Gasteiger partial charge is 0.481 e. The maximum atomic E-state index is 13.9. The van der Waals surface area contributed by atoms with Crippen LogP contribution in [0.4, 0.5) is 4.39 Å². The number of halogens is 1. The lowest BCUT2D eigenvalue weighted by molar-refractivity contribution is -0.143. The SMILES string of the molecule is CC[C@@H](C(=O)NC1CCCCC1)N(Cc1ccccc1)C(=O)COc1ccccc1F. The monoisotopic (exact) mass is 426 g/mol. The minimum absolute atomic E-state index is 0.0233. The van der Waals surface area contributed by atoms with Crippen molar-refractivity contribution in [3.05, 3.63) is 66.0 Å². The average Bonchev–Trinajstić information content (AvgIpc) is 2.79. The molecule has 1 fully saturated rings. The van der Waals surface area contributed by atoms with Gasteiger partial charge < -0.3 is 15.0 Å². The second-order valence-corrected chi connectivity index (χ2v) is 7.99. The summed E-state index contributed by atoms with van der Waals surface area (Å²) in [6.45, 7) is 1.85. The third-order valence-corrected chi connectivity index (χ3v) is 5.72. The van der Waals surface area contributed by atoms with Crippen molar-refractivity contribution < 1.29 is 18.7 Å². The molecule has 0 aromatic heterocycles. The molecule has 0 aliphatic heterocycles. The van der Waals surface area contributed by atoms with Crippen LogP contribution in [0.1, 0.15) is 51.0 Å². The molecule has 166 valence electrons. The van der Waals surface area contributed by atoms with E-state index < -0.39 is 11.9 Å². The summed E-state index contributed by atoms with van der Waals surface area (Å²) >= 11 is 0. The third-order valence-electron chi connectivity index (χ3n) is 5.72. The van der Waals surface area contributed by atoms with Crippen LogP contribution in [0.2, 0.25) is 0 Å². The molecule has 1 N–H and O–H groups in total. The van der Waals surface area contributed by atoms with Crippen molar-refractivity contribution in [3.8, 4) is 5.75 Å². The number of carbonyl (C=O) groups is 2. The summed E-state index contributed by atoms with van der Waals surface area (Å²) in [6.07, 6.45) is 5.87. The minimum atomic E-state index is -0.612. The van der Waals surface area contributed by atoms with Crippen molar-refractivity contribution in [2.75, 3.05) is 6.61 Å². The van der Waals surface area contributed by atoms with E-state index in [9.17, 15) is 14.0 Å². The van der Waals surface area contributed by atoms with Crippen molar-refractivity contribution >= 4 is 11.8 Å². The first-order valence-corrected chi connectivity index (χ1v) is 11.1. The highest BCUT2D eigenvalue weighted by molar-refractivity contribution is 5.88. The number of ether oxygens (including phenoxy) is 1. The number of nitrogens with one attached hydrogen (secondary N) is 1. The zero-order valence-corrected chi connectivity index (χ0v) is 18.1. The van der Waals surface area contributed by atoms with E-state index in [1.807, 2.05) is 37.3 Å². The number of benzene rings is 2. The van der Waals surface area contributed by atoms with Gasteiger partial charge in [0.15, 0.2) is 18.2 Å². The standard InChI is InChI=1S/C25H31FN2O3/c1-2-22(25(30)27-20-13-7-4-8-14-20)28(17-19-11-5-3-6-12-19)24(29)18-31-23-16-10-9-15-21(23)26/h3,5-6,9-12,15-16,20,22H,2,4,7-8,13-14,17-18H2,1H3,(H,27,30)/t22-/m0/s1. The third kappa shape index (κ3) is 6.54. The minimum Gasteiger partial charge on any atom is -0.481 e. The molecule has 0 saturated heterocycles. The summed E-state index contributed by atoms with van der Waals surface area (Å²) in [6, 6.07) is 15.1. The van der Waals surface area contributed by atoms with Gasteiger partial charge in [-0.1, -0.05) is 68.7 Å². The Morgan fingerprint density at radius 1 is 1.06 bits per heavy atom. The molecule has 3 rings (SSSR count). The van der Waals surface area contributed by atoms with E-state index in [0.717, 1.165) is 31.2 Å². The van der Waals surface area contributed by atoms with Crippen LogP contribution >= 0.6 is 0 Å². The molecule has 31 heavy (non-hydrogen) atoms. The van der Waals surface area contributed by atoms with Gasteiger partial charge in [-0.25, -0.2) is 4.39 Å². The fraction of sp³-hybridized carbons (Fsp3) is 0.440. The molecular formula is C25H31FN2O3. The molecule has 2 aromatic rings. The molecule has 2 amide bonds. The van der Waals surface area contributed by atoms with Gasteiger partial charge in [-0.15, -0.1) is 0 Å². The Bertz CT molecular complexity index is 853. The maximum Gasteiger partial charge on any atom is 0.261 e. The number of carbonyl (C=O) groups excluding carboxylic acids is 2. The van der Waals surface area contributed by atoms with Gasteiger partial charge in [0.25, 0.3) is 5.91 Å². The van der Waals surface area contributed by atoms with Crippen molar-refractivity contribution in [3.63, 3.8) is 0 Å². The molecule has 5 nitrogen and oxygen atoms in total. The molecule has 0 spiro atoms. The second-order valence-electron chi connectivity index (χ2n) is 7.99. The molecule has 1 aliphatic rings. The van der Waals surface area contributed by atoms with Gasteiger partial charge in [-0.05, 0) is 37.0 Å². The average molecular weight is 427 g/mol. The van der Waals surface area contributed by atoms with E-state index in [1.54, 1.807) is 17.0 Å². The molecule has 0 unspecified atom stereocenters. The highest BCUT2D eigenvalue weighted by Crippen LogP contribution is 2.20. The number of hydrogen-bond acceptors (Lipinski definition) is 3. The number of nitrogens with zero attached hydrogens (tertiary/aromatic N) is 1. The van der Waals surface area contributed by atoms with Gasteiger partial charge in [-0.3, -0.25) is 9.59 Å². The molecule has 1 aliphatic carbocycles. The van der Waals surface area contributed by atoms with Gasteiger partial charge in [0.2, 0.25) is 5.91 Å². The zero-order chi connectivity index (χ0) is 22.1. The highest BCUT2D eigenvalue weighted by atomic mass is 19.1. The van der Waals surface area contributed by atoms with Gasteiger partial charge in [0.05, 0.1) is 0 Å². The van der Waals surface area contributed by atoms with Crippen LogP contribution in [0.15, 0.2) is 54.6 Å². The lowest BCUT2D eigenvalue weighted by Crippen LogP contribution is -2.52.